The van der Waals surface area contributed by atoms with Crippen LogP contribution < -0.4 is 5.32 Å². The highest BCUT2D eigenvalue weighted by Gasteiger charge is 2.22. The molecule has 2 saturated heterocycles. The van der Waals surface area contributed by atoms with Crippen molar-refractivity contribution in [1.82, 2.24) is 25.0 Å². The van der Waals surface area contributed by atoms with E-state index in [0.29, 0.717) is 6.04 Å². The summed E-state index contributed by atoms with van der Waals surface area (Å²) in [4.78, 5) is 2.54. The average Bonchev–Trinajstić information content (AvgIpc) is 3.12. The summed E-state index contributed by atoms with van der Waals surface area (Å²) in [6.45, 7) is 4.83. The van der Waals surface area contributed by atoms with Crippen LogP contribution in [0.1, 0.15) is 37.5 Å². The van der Waals surface area contributed by atoms with E-state index in [9.17, 15) is 0 Å². The molecule has 0 aliphatic carbocycles. The molecule has 3 heterocycles. The molecule has 0 amide bonds. The Morgan fingerprint density at radius 3 is 2.84 bits per heavy atom. The first kappa shape index (κ1) is 13.4. The fourth-order valence-electron chi connectivity index (χ4n) is 2.93. The van der Waals surface area contributed by atoms with E-state index in [2.05, 4.69) is 32.0 Å². The highest BCUT2D eigenvalue weighted by Crippen LogP contribution is 2.24. The molecular weight excluding hydrogens is 258 g/mol. The molecule has 3 rings (SSSR count). The third-order valence-corrected chi connectivity index (χ3v) is 5.08. The van der Waals surface area contributed by atoms with Crippen molar-refractivity contribution in [2.75, 3.05) is 31.9 Å². The number of nitrogens with zero attached hydrogens (tertiary/aromatic N) is 4. The molecule has 5 nitrogen and oxygen atoms in total. The van der Waals surface area contributed by atoms with E-state index in [-0.39, 0.29) is 0 Å². The van der Waals surface area contributed by atoms with Crippen molar-refractivity contribution in [3.63, 3.8) is 0 Å². The van der Waals surface area contributed by atoms with Gasteiger partial charge in [0.15, 0.2) is 11.0 Å². The summed E-state index contributed by atoms with van der Waals surface area (Å²) in [5.74, 6) is 2.21. The van der Waals surface area contributed by atoms with E-state index in [1.807, 2.05) is 11.8 Å². The van der Waals surface area contributed by atoms with Crippen LogP contribution in [0.2, 0.25) is 0 Å². The Morgan fingerprint density at radius 2 is 2.11 bits per heavy atom. The van der Waals surface area contributed by atoms with Gasteiger partial charge in [-0.1, -0.05) is 11.8 Å². The molecule has 6 heteroatoms. The minimum absolute atomic E-state index is 0.408. The zero-order valence-corrected chi connectivity index (χ0v) is 12.5. The van der Waals surface area contributed by atoms with Gasteiger partial charge < -0.3 is 14.8 Å². The van der Waals surface area contributed by atoms with Crippen molar-refractivity contribution >= 4 is 11.8 Å². The highest BCUT2D eigenvalue weighted by atomic mass is 32.2. The summed E-state index contributed by atoms with van der Waals surface area (Å²) < 4.78 is 2.16. The van der Waals surface area contributed by atoms with Crippen molar-refractivity contribution < 1.29 is 0 Å². The van der Waals surface area contributed by atoms with Crippen molar-refractivity contribution in [3.8, 4) is 0 Å². The lowest BCUT2D eigenvalue weighted by atomic mass is 10.2. The van der Waals surface area contributed by atoms with Crippen LogP contribution in [0.3, 0.4) is 0 Å². The van der Waals surface area contributed by atoms with Gasteiger partial charge >= 0.3 is 0 Å². The predicted molar refractivity (Wildman–Crippen MR) is 77.4 cm³/mol. The SMILES string of the molecule is Cn1c(SCCN2CCCC2)nnc1[C@H]1CCCN1. The van der Waals surface area contributed by atoms with Crippen LogP contribution in [0.15, 0.2) is 5.16 Å². The molecule has 1 N–H and O–H groups in total. The normalized spacial score (nSPS) is 24.4. The van der Waals surface area contributed by atoms with Crippen LogP contribution in [0.25, 0.3) is 0 Å². The Hall–Kier alpha value is -0.590. The van der Waals surface area contributed by atoms with Crippen molar-refractivity contribution in [2.45, 2.75) is 36.9 Å². The fraction of sp³-hybridized carbons (Fsp3) is 0.846. The zero-order valence-electron chi connectivity index (χ0n) is 11.6. The molecule has 0 saturated carbocycles. The first-order chi connectivity index (χ1) is 9.34. The molecule has 0 bridgehead atoms. The second kappa shape index (κ2) is 6.24. The first-order valence-corrected chi connectivity index (χ1v) is 8.31. The molecular formula is C13H23N5S. The molecule has 0 radical (unpaired) electrons. The predicted octanol–water partition coefficient (Wildman–Crippen LogP) is 1.43. The molecule has 1 atom stereocenters. The number of hydrogen-bond donors (Lipinski definition) is 1. The average molecular weight is 281 g/mol. The molecule has 2 aliphatic heterocycles. The van der Waals surface area contributed by atoms with Crippen molar-refractivity contribution in [2.24, 2.45) is 7.05 Å². The van der Waals surface area contributed by atoms with E-state index < -0.39 is 0 Å². The third kappa shape index (κ3) is 3.12. The van der Waals surface area contributed by atoms with E-state index >= 15 is 0 Å². The second-order valence-corrected chi connectivity index (χ2v) is 6.51. The lowest BCUT2D eigenvalue weighted by molar-refractivity contribution is 0.362. The highest BCUT2D eigenvalue weighted by molar-refractivity contribution is 7.99. The van der Waals surface area contributed by atoms with Gasteiger partial charge in [-0.15, -0.1) is 10.2 Å². The van der Waals surface area contributed by atoms with Gasteiger partial charge in [-0.25, -0.2) is 0 Å². The van der Waals surface area contributed by atoms with Gasteiger partial charge in [0.1, 0.15) is 0 Å². The summed E-state index contributed by atoms with van der Waals surface area (Å²) in [5, 5.41) is 13.3. The lowest BCUT2D eigenvalue weighted by Crippen LogP contribution is -2.22. The molecule has 2 aliphatic rings. The fourth-order valence-corrected chi connectivity index (χ4v) is 3.85. The number of likely N-dealkylation sites (tertiary alicyclic amines) is 1. The van der Waals surface area contributed by atoms with Gasteiger partial charge in [0.2, 0.25) is 0 Å². The summed E-state index contributed by atoms with van der Waals surface area (Å²) in [6, 6.07) is 0.408. The largest absolute Gasteiger partial charge is 0.308 e. The Labute approximate surface area is 119 Å². The van der Waals surface area contributed by atoms with Gasteiger partial charge in [0.25, 0.3) is 0 Å². The van der Waals surface area contributed by atoms with Gasteiger partial charge in [0, 0.05) is 19.3 Å². The van der Waals surface area contributed by atoms with Crippen molar-refractivity contribution in [3.05, 3.63) is 5.82 Å². The number of aromatic nitrogens is 3. The lowest BCUT2D eigenvalue weighted by Gasteiger charge is -2.13. The summed E-state index contributed by atoms with van der Waals surface area (Å²) >= 11 is 1.83. The van der Waals surface area contributed by atoms with Crippen LogP contribution >= 0.6 is 11.8 Å². The van der Waals surface area contributed by atoms with Crippen LogP contribution in [0.4, 0.5) is 0 Å². The first-order valence-electron chi connectivity index (χ1n) is 7.32. The Kier molecular flexibility index (Phi) is 4.40. The quantitative estimate of drug-likeness (QED) is 0.827. The third-order valence-electron chi connectivity index (χ3n) is 4.08. The molecule has 0 unspecified atom stereocenters. The molecule has 1 aromatic rings. The topological polar surface area (TPSA) is 46.0 Å². The zero-order chi connectivity index (χ0) is 13.1. The summed E-state index contributed by atoms with van der Waals surface area (Å²) in [6.07, 6.45) is 5.16. The molecule has 0 spiro atoms. The molecule has 106 valence electrons. The monoisotopic (exact) mass is 281 g/mol. The number of hydrogen-bond acceptors (Lipinski definition) is 5. The van der Waals surface area contributed by atoms with Crippen molar-refractivity contribution in [1.29, 1.82) is 0 Å². The van der Waals surface area contributed by atoms with E-state index in [1.54, 1.807) is 0 Å². The van der Waals surface area contributed by atoms with Crippen LogP contribution in [0, 0.1) is 0 Å². The van der Waals surface area contributed by atoms with Crippen LogP contribution in [0.5, 0.6) is 0 Å². The standard InChI is InChI=1S/C13H23N5S/c1-17-12(11-5-4-6-14-11)15-16-13(17)19-10-9-18-7-2-3-8-18/h11,14H,2-10H2,1H3/t11-/m1/s1. The Bertz CT molecular complexity index is 407. The van der Waals surface area contributed by atoms with Gasteiger partial charge in [-0.3, -0.25) is 0 Å². The Balaban J connectivity index is 1.52. The molecule has 2 fully saturated rings. The van der Waals surface area contributed by atoms with Crippen LogP contribution in [-0.2, 0) is 7.05 Å². The summed E-state index contributed by atoms with van der Waals surface area (Å²) in [7, 11) is 2.09. The second-order valence-electron chi connectivity index (χ2n) is 5.45. The van der Waals surface area contributed by atoms with Crippen LogP contribution in [-0.4, -0.2) is 51.6 Å². The van der Waals surface area contributed by atoms with E-state index in [4.69, 9.17) is 0 Å². The maximum absolute atomic E-state index is 4.36. The van der Waals surface area contributed by atoms with E-state index in [1.165, 1.54) is 45.3 Å². The maximum atomic E-state index is 4.36. The minimum Gasteiger partial charge on any atom is -0.308 e. The van der Waals surface area contributed by atoms with Gasteiger partial charge in [-0.05, 0) is 45.3 Å². The molecule has 1 aromatic heterocycles. The smallest absolute Gasteiger partial charge is 0.191 e. The Morgan fingerprint density at radius 1 is 1.26 bits per heavy atom. The maximum Gasteiger partial charge on any atom is 0.191 e. The van der Waals surface area contributed by atoms with E-state index in [0.717, 1.165) is 23.3 Å². The molecule has 19 heavy (non-hydrogen) atoms. The minimum atomic E-state index is 0.408. The number of rotatable bonds is 5. The van der Waals surface area contributed by atoms with Gasteiger partial charge in [0.05, 0.1) is 6.04 Å². The molecule has 0 aromatic carbocycles. The number of thioether (sulfide) groups is 1. The summed E-state index contributed by atoms with van der Waals surface area (Å²) in [5.41, 5.74) is 0. The number of nitrogens with one attached hydrogen (secondary N) is 1. The van der Waals surface area contributed by atoms with Gasteiger partial charge in [-0.2, -0.15) is 0 Å².